The highest BCUT2D eigenvalue weighted by atomic mass is 127. The number of hydrogen-bond acceptors (Lipinski definition) is 3. The minimum atomic E-state index is 0. The number of aliphatic imine (C=N–C) groups is 1. The molecule has 3 aromatic rings. The van der Waals surface area contributed by atoms with Crippen molar-refractivity contribution in [2.75, 3.05) is 26.0 Å². The Morgan fingerprint density at radius 3 is 2.43 bits per heavy atom. The molecule has 2 aromatic carbocycles. The van der Waals surface area contributed by atoms with Crippen LogP contribution in [0.3, 0.4) is 0 Å². The fourth-order valence-electron chi connectivity index (χ4n) is 3.01. The average molecular weight is 489 g/mol. The number of aromatic nitrogens is 1. The molecule has 0 spiro atoms. The van der Waals surface area contributed by atoms with Crippen molar-refractivity contribution in [3.05, 3.63) is 71.8 Å². The highest BCUT2D eigenvalue weighted by Crippen LogP contribution is 2.22. The number of pyridine rings is 1. The molecule has 0 bridgehead atoms. The number of guanidine groups is 1. The molecule has 6 heteroatoms. The molecular formula is C22H28IN5. The molecule has 0 amide bonds. The maximum Gasteiger partial charge on any atom is 0.191 e. The summed E-state index contributed by atoms with van der Waals surface area (Å²) < 4.78 is 0. The van der Waals surface area contributed by atoms with Crippen molar-refractivity contribution < 1.29 is 0 Å². The fraction of sp³-hybridized carbons (Fsp3) is 0.273. The van der Waals surface area contributed by atoms with Crippen LogP contribution in [0.5, 0.6) is 0 Å². The number of hydrogen-bond donors (Lipinski definition) is 2. The second kappa shape index (κ2) is 10.3. The van der Waals surface area contributed by atoms with Gasteiger partial charge < -0.3 is 15.5 Å². The Morgan fingerprint density at radius 2 is 1.75 bits per heavy atom. The minimum absolute atomic E-state index is 0. The van der Waals surface area contributed by atoms with Gasteiger partial charge in [0.25, 0.3) is 0 Å². The highest BCUT2D eigenvalue weighted by Gasteiger charge is 2.10. The van der Waals surface area contributed by atoms with Gasteiger partial charge in [0, 0.05) is 33.1 Å². The number of nitrogens with zero attached hydrogens (tertiary/aromatic N) is 3. The van der Waals surface area contributed by atoms with Gasteiger partial charge in [-0.2, -0.15) is 0 Å². The van der Waals surface area contributed by atoms with Gasteiger partial charge in [-0.15, -0.1) is 24.0 Å². The van der Waals surface area contributed by atoms with Crippen molar-refractivity contribution in [1.29, 1.82) is 0 Å². The molecule has 1 heterocycles. The molecule has 3 rings (SSSR count). The van der Waals surface area contributed by atoms with Gasteiger partial charge in [0.05, 0.1) is 11.6 Å². The molecule has 28 heavy (non-hydrogen) atoms. The SMILES string of the molecule is CN=C(NCc1cc(N(C)C)nc2ccccc12)NC(C)c1ccccc1.I. The zero-order valence-corrected chi connectivity index (χ0v) is 19.1. The number of rotatable bonds is 5. The Kier molecular flexibility index (Phi) is 8.04. The molecule has 1 unspecified atom stereocenters. The van der Waals surface area contributed by atoms with Crippen molar-refractivity contribution in [1.82, 2.24) is 15.6 Å². The summed E-state index contributed by atoms with van der Waals surface area (Å²) in [6.07, 6.45) is 0. The summed E-state index contributed by atoms with van der Waals surface area (Å²) in [7, 11) is 5.82. The van der Waals surface area contributed by atoms with E-state index in [-0.39, 0.29) is 30.0 Å². The van der Waals surface area contributed by atoms with Gasteiger partial charge in [-0.25, -0.2) is 4.98 Å². The van der Waals surface area contributed by atoms with Crippen molar-refractivity contribution >= 4 is 46.7 Å². The van der Waals surface area contributed by atoms with Crippen LogP contribution >= 0.6 is 24.0 Å². The standard InChI is InChI=1S/C22H27N5.HI/c1-16(17-10-6-5-7-11-17)25-22(23-2)24-15-18-14-21(27(3)4)26-20-13-9-8-12-19(18)20;/h5-14,16H,15H2,1-4H3,(H2,23,24,25);1H. The van der Waals surface area contributed by atoms with Crippen LogP contribution in [0.1, 0.15) is 24.1 Å². The first-order valence-electron chi connectivity index (χ1n) is 9.16. The highest BCUT2D eigenvalue weighted by molar-refractivity contribution is 14.0. The third-order valence-electron chi connectivity index (χ3n) is 4.57. The van der Waals surface area contributed by atoms with Crippen LogP contribution in [-0.2, 0) is 6.54 Å². The van der Waals surface area contributed by atoms with Crippen LogP contribution in [0.25, 0.3) is 10.9 Å². The van der Waals surface area contributed by atoms with Crippen molar-refractivity contribution in [2.45, 2.75) is 19.5 Å². The molecule has 0 saturated carbocycles. The van der Waals surface area contributed by atoms with E-state index in [4.69, 9.17) is 4.98 Å². The molecule has 148 valence electrons. The number of fused-ring (bicyclic) bond motifs is 1. The van der Waals surface area contributed by atoms with Crippen molar-refractivity contribution in [3.8, 4) is 0 Å². The lowest BCUT2D eigenvalue weighted by atomic mass is 10.1. The monoisotopic (exact) mass is 489 g/mol. The quantitative estimate of drug-likeness (QED) is 0.318. The second-order valence-corrected chi connectivity index (χ2v) is 6.75. The number of benzene rings is 2. The molecule has 0 fully saturated rings. The van der Waals surface area contributed by atoms with E-state index in [0.717, 1.165) is 22.7 Å². The van der Waals surface area contributed by atoms with Crippen LogP contribution in [0, 0.1) is 0 Å². The molecule has 2 N–H and O–H groups in total. The Hall–Kier alpha value is -2.35. The maximum atomic E-state index is 4.72. The van der Waals surface area contributed by atoms with Crippen LogP contribution in [0.15, 0.2) is 65.7 Å². The summed E-state index contributed by atoms with van der Waals surface area (Å²) in [4.78, 5) is 11.1. The summed E-state index contributed by atoms with van der Waals surface area (Å²) in [6.45, 7) is 2.80. The van der Waals surface area contributed by atoms with Crippen LogP contribution in [-0.4, -0.2) is 32.1 Å². The zero-order chi connectivity index (χ0) is 19.2. The topological polar surface area (TPSA) is 52.6 Å². The van der Waals surface area contributed by atoms with E-state index >= 15 is 0 Å². The number of para-hydroxylation sites is 1. The second-order valence-electron chi connectivity index (χ2n) is 6.75. The van der Waals surface area contributed by atoms with Crippen LogP contribution in [0.2, 0.25) is 0 Å². The van der Waals surface area contributed by atoms with E-state index in [0.29, 0.717) is 6.54 Å². The number of anilines is 1. The predicted molar refractivity (Wildman–Crippen MR) is 130 cm³/mol. The van der Waals surface area contributed by atoms with E-state index < -0.39 is 0 Å². The summed E-state index contributed by atoms with van der Waals surface area (Å²) in [6, 6.07) is 20.9. The van der Waals surface area contributed by atoms with Gasteiger partial charge in [0.15, 0.2) is 5.96 Å². The molecule has 0 aliphatic carbocycles. The van der Waals surface area contributed by atoms with Crippen LogP contribution < -0.4 is 15.5 Å². The van der Waals surface area contributed by atoms with E-state index in [2.05, 4.69) is 65.0 Å². The maximum absolute atomic E-state index is 4.72. The number of halogens is 1. The molecule has 0 radical (unpaired) electrons. The average Bonchev–Trinajstić information content (AvgIpc) is 2.71. The lowest BCUT2D eigenvalue weighted by Crippen LogP contribution is -2.38. The molecule has 5 nitrogen and oxygen atoms in total. The summed E-state index contributed by atoms with van der Waals surface area (Å²) >= 11 is 0. The zero-order valence-electron chi connectivity index (χ0n) is 16.8. The van der Waals surface area contributed by atoms with Gasteiger partial charge in [-0.3, -0.25) is 4.99 Å². The Balaban J connectivity index is 0.00000280. The minimum Gasteiger partial charge on any atom is -0.363 e. The largest absolute Gasteiger partial charge is 0.363 e. The van der Waals surface area contributed by atoms with Gasteiger partial charge in [-0.05, 0) is 30.2 Å². The summed E-state index contributed by atoms with van der Waals surface area (Å²) in [5.41, 5.74) is 3.42. The van der Waals surface area contributed by atoms with Crippen molar-refractivity contribution in [3.63, 3.8) is 0 Å². The van der Waals surface area contributed by atoms with Gasteiger partial charge in [-0.1, -0.05) is 48.5 Å². The molecule has 0 aliphatic heterocycles. The summed E-state index contributed by atoms with van der Waals surface area (Å²) in [5.74, 6) is 1.73. The van der Waals surface area contributed by atoms with Gasteiger partial charge in [0.1, 0.15) is 5.82 Å². The molecular weight excluding hydrogens is 461 g/mol. The first-order valence-corrected chi connectivity index (χ1v) is 9.16. The van der Waals surface area contributed by atoms with E-state index in [9.17, 15) is 0 Å². The molecule has 0 saturated heterocycles. The predicted octanol–water partition coefficient (Wildman–Crippen LogP) is 4.35. The first kappa shape index (κ1) is 21.9. The van der Waals surface area contributed by atoms with E-state index in [1.165, 1.54) is 11.1 Å². The molecule has 1 aromatic heterocycles. The van der Waals surface area contributed by atoms with Crippen molar-refractivity contribution in [2.24, 2.45) is 4.99 Å². The lowest BCUT2D eigenvalue weighted by Gasteiger charge is -2.19. The van der Waals surface area contributed by atoms with E-state index in [1.54, 1.807) is 7.05 Å². The third kappa shape index (κ3) is 5.34. The first-order chi connectivity index (χ1) is 13.1. The normalized spacial score (nSPS) is 12.2. The van der Waals surface area contributed by atoms with Gasteiger partial charge >= 0.3 is 0 Å². The number of nitrogens with one attached hydrogen (secondary N) is 2. The smallest absolute Gasteiger partial charge is 0.191 e. The van der Waals surface area contributed by atoms with Crippen LogP contribution in [0.4, 0.5) is 5.82 Å². The van der Waals surface area contributed by atoms with E-state index in [1.807, 2.05) is 37.2 Å². The summed E-state index contributed by atoms with van der Waals surface area (Å²) in [5, 5.41) is 8.04. The Labute approximate surface area is 184 Å². The molecule has 0 aliphatic rings. The third-order valence-corrected chi connectivity index (χ3v) is 4.57. The van der Waals surface area contributed by atoms with Gasteiger partial charge in [0.2, 0.25) is 0 Å². The Morgan fingerprint density at radius 1 is 1.07 bits per heavy atom. The lowest BCUT2D eigenvalue weighted by molar-refractivity contribution is 0.686. The molecule has 1 atom stereocenters. The fourth-order valence-corrected chi connectivity index (χ4v) is 3.01. The Bertz CT molecular complexity index is 925.